The summed E-state index contributed by atoms with van der Waals surface area (Å²) in [5, 5.41) is 49.8. The SMILES string of the molecule is CCCCCCCCCCCCCC(=O)OC[C@H](COP(=O)(O)OC1C(O)C(O)C(O)[C@@H](O)C1O)OC(=O)CCCCCCCCCCC. The number of phosphoric ester groups is 1. The van der Waals surface area contributed by atoms with Crippen LogP contribution in [0.25, 0.3) is 0 Å². The van der Waals surface area contributed by atoms with Crippen LogP contribution in [0, 0.1) is 0 Å². The fourth-order valence-corrected chi connectivity index (χ4v) is 6.79. The quantitative estimate of drug-likeness (QED) is 0.0312. The van der Waals surface area contributed by atoms with Gasteiger partial charge < -0.3 is 39.9 Å². The minimum Gasteiger partial charge on any atom is -0.462 e. The van der Waals surface area contributed by atoms with Gasteiger partial charge in [0.25, 0.3) is 0 Å². The van der Waals surface area contributed by atoms with Crippen LogP contribution in [0.4, 0.5) is 0 Å². The van der Waals surface area contributed by atoms with Gasteiger partial charge in [-0.2, -0.15) is 0 Å². The third-order valence-electron chi connectivity index (χ3n) is 8.95. The first kappa shape index (κ1) is 45.9. The molecule has 0 aromatic carbocycles. The molecule has 0 aromatic rings. The van der Waals surface area contributed by atoms with Crippen molar-refractivity contribution in [2.24, 2.45) is 0 Å². The molecule has 13 nitrogen and oxygen atoms in total. The smallest absolute Gasteiger partial charge is 0.462 e. The van der Waals surface area contributed by atoms with Crippen LogP contribution in [-0.2, 0) is 32.7 Å². The number of phosphoric acid groups is 1. The summed E-state index contributed by atoms with van der Waals surface area (Å²) in [6.07, 6.45) is 9.14. The van der Waals surface area contributed by atoms with Crippen LogP contribution in [0.5, 0.6) is 0 Å². The van der Waals surface area contributed by atoms with Gasteiger partial charge in [0.1, 0.15) is 43.2 Å². The first-order chi connectivity index (χ1) is 23.4. The zero-order valence-electron chi connectivity index (χ0n) is 30.0. The van der Waals surface area contributed by atoms with Crippen molar-refractivity contribution >= 4 is 19.8 Å². The van der Waals surface area contributed by atoms with E-state index in [9.17, 15) is 44.6 Å². The number of esters is 2. The van der Waals surface area contributed by atoms with Gasteiger partial charge in [0, 0.05) is 12.8 Å². The number of hydrogen-bond acceptors (Lipinski definition) is 12. The average Bonchev–Trinajstić information content (AvgIpc) is 3.07. The molecule has 49 heavy (non-hydrogen) atoms. The van der Waals surface area contributed by atoms with Gasteiger partial charge in [0.2, 0.25) is 0 Å². The summed E-state index contributed by atoms with van der Waals surface area (Å²) in [7, 11) is -5.09. The van der Waals surface area contributed by atoms with Crippen LogP contribution in [0.15, 0.2) is 0 Å². The van der Waals surface area contributed by atoms with E-state index < -0.39 is 75.7 Å². The van der Waals surface area contributed by atoms with E-state index in [1.165, 1.54) is 70.6 Å². The molecule has 290 valence electrons. The third-order valence-corrected chi connectivity index (χ3v) is 9.93. The molecule has 0 aromatic heterocycles. The van der Waals surface area contributed by atoms with Crippen LogP contribution in [-0.4, -0.2) is 98.3 Å². The van der Waals surface area contributed by atoms with E-state index in [0.29, 0.717) is 12.8 Å². The first-order valence-corrected chi connectivity index (χ1v) is 20.3. The van der Waals surface area contributed by atoms with Crippen molar-refractivity contribution in [2.75, 3.05) is 13.2 Å². The summed E-state index contributed by atoms with van der Waals surface area (Å²) in [5.41, 5.74) is 0. The van der Waals surface area contributed by atoms with Gasteiger partial charge in [-0.1, -0.05) is 129 Å². The number of ether oxygens (including phenoxy) is 2. The highest BCUT2D eigenvalue weighted by molar-refractivity contribution is 7.47. The first-order valence-electron chi connectivity index (χ1n) is 18.8. The van der Waals surface area contributed by atoms with E-state index in [2.05, 4.69) is 13.8 Å². The van der Waals surface area contributed by atoms with Crippen molar-refractivity contribution in [3.63, 3.8) is 0 Å². The number of unbranched alkanes of at least 4 members (excludes halogenated alkanes) is 18. The Hall–Kier alpha value is -1.15. The number of carbonyl (C=O) groups excluding carboxylic acids is 2. The predicted molar refractivity (Wildman–Crippen MR) is 184 cm³/mol. The second kappa shape index (κ2) is 27.5. The number of carbonyl (C=O) groups is 2. The molecule has 14 heteroatoms. The largest absolute Gasteiger partial charge is 0.472 e. The molecule has 1 fully saturated rings. The van der Waals surface area contributed by atoms with Crippen molar-refractivity contribution < 1.29 is 63.1 Å². The molecule has 0 heterocycles. The Morgan fingerprint density at radius 2 is 0.918 bits per heavy atom. The normalized spacial score (nSPS) is 24.3. The van der Waals surface area contributed by atoms with Gasteiger partial charge >= 0.3 is 19.8 Å². The number of hydrogen-bond donors (Lipinski definition) is 6. The highest BCUT2D eigenvalue weighted by Gasteiger charge is 2.51. The van der Waals surface area contributed by atoms with Crippen molar-refractivity contribution in [1.29, 1.82) is 0 Å². The third kappa shape index (κ3) is 21.1. The molecule has 1 aliphatic carbocycles. The molecule has 6 N–H and O–H groups in total. The van der Waals surface area contributed by atoms with E-state index in [4.69, 9.17) is 18.5 Å². The second-order valence-corrected chi connectivity index (χ2v) is 14.9. The lowest BCUT2D eigenvalue weighted by molar-refractivity contribution is -0.220. The van der Waals surface area contributed by atoms with E-state index in [-0.39, 0.29) is 12.8 Å². The molecule has 0 radical (unpaired) electrons. The molecule has 0 spiro atoms. The van der Waals surface area contributed by atoms with E-state index in [1.54, 1.807) is 0 Å². The van der Waals surface area contributed by atoms with Gasteiger partial charge in [-0.15, -0.1) is 0 Å². The zero-order valence-corrected chi connectivity index (χ0v) is 30.9. The van der Waals surface area contributed by atoms with Gasteiger partial charge in [-0.05, 0) is 12.8 Å². The molecule has 0 saturated heterocycles. The summed E-state index contributed by atoms with van der Waals surface area (Å²) in [4.78, 5) is 35.3. The van der Waals surface area contributed by atoms with Crippen LogP contribution in [0.3, 0.4) is 0 Å². The van der Waals surface area contributed by atoms with E-state index in [1.807, 2.05) is 0 Å². The lowest BCUT2D eigenvalue weighted by Crippen LogP contribution is -2.64. The summed E-state index contributed by atoms with van der Waals surface area (Å²) in [6.45, 7) is 3.22. The molecule has 0 aliphatic heterocycles. The summed E-state index contributed by atoms with van der Waals surface area (Å²) >= 11 is 0. The number of aliphatic hydroxyl groups excluding tert-OH is 5. The Balaban J connectivity index is 2.56. The van der Waals surface area contributed by atoms with E-state index in [0.717, 1.165) is 44.9 Å². The predicted octanol–water partition coefficient (Wildman–Crippen LogP) is 5.38. The van der Waals surface area contributed by atoms with Gasteiger partial charge in [-0.3, -0.25) is 18.6 Å². The van der Waals surface area contributed by atoms with Crippen molar-refractivity contribution in [2.45, 2.75) is 198 Å². The lowest BCUT2D eigenvalue weighted by Gasteiger charge is -2.41. The molecular weight excluding hydrogens is 659 g/mol. The molecule has 1 rings (SSSR count). The molecule has 0 amide bonds. The fourth-order valence-electron chi connectivity index (χ4n) is 5.82. The summed E-state index contributed by atoms with van der Waals surface area (Å²) < 4.78 is 33.2. The Morgan fingerprint density at radius 3 is 1.35 bits per heavy atom. The van der Waals surface area contributed by atoms with Crippen molar-refractivity contribution in [1.82, 2.24) is 0 Å². The molecule has 6 unspecified atom stereocenters. The maximum Gasteiger partial charge on any atom is 0.472 e. The molecule has 1 aliphatic rings. The van der Waals surface area contributed by atoms with E-state index >= 15 is 0 Å². The van der Waals surface area contributed by atoms with Crippen molar-refractivity contribution in [3.05, 3.63) is 0 Å². The Bertz CT molecular complexity index is 891. The standard InChI is InChI=1S/C35H67O13P/c1-3-5-7-9-11-13-14-16-17-19-21-23-28(36)45-25-27(47-29(37)24-22-20-18-15-12-10-8-6-4-2)26-46-49(43,44)48-35-33(41)31(39)30(38)32(40)34(35)42/h27,30-35,38-42H,3-26H2,1-2H3,(H,43,44)/t27-,30?,31-,32?,33?,34?,35?/m1/s1. The summed E-state index contributed by atoms with van der Waals surface area (Å²) in [6, 6.07) is 0. The average molecular weight is 727 g/mol. The van der Waals surface area contributed by atoms with Gasteiger partial charge in [-0.25, -0.2) is 4.57 Å². The van der Waals surface area contributed by atoms with Crippen LogP contribution in [0.1, 0.15) is 155 Å². The second-order valence-electron chi connectivity index (χ2n) is 13.4. The molecule has 1 saturated carbocycles. The summed E-state index contributed by atoms with van der Waals surface area (Å²) in [5.74, 6) is -1.10. The monoisotopic (exact) mass is 726 g/mol. The highest BCUT2D eigenvalue weighted by Crippen LogP contribution is 2.47. The maximum atomic E-state index is 12.7. The Labute approximate surface area is 293 Å². The minimum absolute atomic E-state index is 0.102. The molecular formula is C35H67O13P. The Kier molecular flexibility index (Phi) is 25.7. The van der Waals surface area contributed by atoms with Crippen LogP contribution >= 0.6 is 7.82 Å². The highest BCUT2D eigenvalue weighted by atomic mass is 31.2. The molecule has 8 atom stereocenters. The minimum atomic E-state index is -5.09. The van der Waals surface area contributed by atoms with Gasteiger partial charge in [0.05, 0.1) is 6.61 Å². The Morgan fingerprint density at radius 1 is 0.551 bits per heavy atom. The number of aliphatic hydroxyl groups is 5. The maximum absolute atomic E-state index is 12.7. The number of rotatable bonds is 30. The molecule has 0 bridgehead atoms. The van der Waals surface area contributed by atoms with Crippen LogP contribution < -0.4 is 0 Å². The van der Waals surface area contributed by atoms with Crippen molar-refractivity contribution in [3.8, 4) is 0 Å². The topological polar surface area (TPSA) is 210 Å². The fraction of sp³-hybridized carbons (Fsp3) is 0.943. The van der Waals surface area contributed by atoms with Gasteiger partial charge in [0.15, 0.2) is 6.10 Å². The lowest BCUT2D eigenvalue weighted by atomic mass is 9.85. The zero-order chi connectivity index (χ0) is 36.5. The van der Waals surface area contributed by atoms with Crippen LogP contribution in [0.2, 0.25) is 0 Å².